The highest BCUT2D eigenvalue weighted by molar-refractivity contribution is 6.36. The summed E-state index contributed by atoms with van der Waals surface area (Å²) in [6.07, 6.45) is 1.39. The average Bonchev–Trinajstić information content (AvgIpc) is 3.22. The van der Waals surface area contributed by atoms with Gasteiger partial charge in [-0.1, -0.05) is 40.9 Å². The molecule has 0 unspecified atom stereocenters. The molecule has 1 atom stereocenters. The van der Waals surface area contributed by atoms with E-state index in [1.54, 1.807) is 41.9 Å². The van der Waals surface area contributed by atoms with Crippen LogP contribution in [0.3, 0.4) is 0 Å². The van der Waals surface area contributed by atoms with E-state index in [4.69, 9.17) is 44.3 Å². The maximum Gasteiger partial charge on any atom is 0.255 e. The number of hydrogen-bond donors (Lipinski definition) is 2. The van der Waals surface area contributed by atoms with Crippen LogP contribution in [0, 0.1) is 0 Å². The normalized spacial score (nSPS) is 15.1. The summed E-state index contributed by atoms with van der Waals surface area (Å²) in [5, 5.41) is 11.4. The predicted molar refractivity (Wildman–Crippen MR) is 124 cm³/mol. The lowest BCUT2D eigenvalue weighted by atomic mass is 9.94. The number of aromatic nitrogens is 3. The quantitative estimate of drug-likeness (QED) is 0.508. The molecule has 32 heavy (non-hydrogen) atoms. The Morgan fingerprint density at radius 2 is 1.78 bits per heavy atom. The van der Waals surface area contributed by atoms with E-state index >= 15 is 0 Å². The van der Waals surface area contributed by atoms with Gasteiger partial charge in [0.15, 0.2) is 0 Å². The number of fused-ring (bicyclic) bond motifs is 1. The van der Waals surface area contributed by atoms with E-state index in [0.717, 1.165) is 0 Å². The molecule has 1 amide bonds. The molecule has 166 valence electrons. The molecule has 4 rings (SSSR count). The van der Waals surface area contributed by atoms with Gasteiger partial charge in [-0.05, 0) is 19.1 Å². The van der Waals surface area contributed by atoms with Crippen molar-refractivity contribution in [2.24, 2.45) is 0 Å². The minimum atomic E-state index is -0.713. The number of nitrogens with one attached hydrogen (secondary N) is 2. The van der Waals surface area contributed by atoms with Crippen molar-refractivity contribution in [2.75, 3.05) is 24.9 Å². The number of rotatable bonds is 5. The summed E-state index contributed by atoms with van der Waals surface area (Å²) >= 11 is 19.2. The lowest BCUT2D eigenvalue weighted by Gasteiger charge is -2.30. The van der Waals surface area contributed by atoms with Gasteiger partial charge in [-0.3, -0.25) is 4.79 Å². The van der Waals surface area contributed by atoms with Gasteiger partial charge in [-0.25, -0.2) is 4.68 Å². The molecule has 11 heteroatoms. The summed E-state index contributed by atoms with van der Waals surface area (Å²) in [6.45, 7) is 1.77. The summed E-state index contributed by atoms with van der Waals surface area (Å²) in [5.41, 5.74) is 1.85. The zero-order chi connectivity index (χ0) is 23.0. The fourth-order valence-corrected chi connectivity index (χ4v) is 4.41. The van der Waals surface area contributed by atoms with Crippen LogP contribution in [-0.4, -0.2) is 34.9 Å². The molecule has 2 N–H and O–H groups in total. The number of allylic oxidation sites excluding steroid dienone is 1. The molecular weight excluding hydrogens is 477 g/mol. The summed E-state index contributed by atoms with van der Waals surface area (Å²) in [6, 6.07) is 7.59. The Labute approximate surface area is 199 Å². The third-order valence-electron chi connectivity index (χ3n) is 5.03. The first-order valence-electron chi connectivity index (χ1n) is 9.39. The highest BCUT2D eigenvalue weighted by Crippen LogP contribution is 2.42. The second-order valence-corrected chi connectivity index (χ2v) is 8.09. The second kappa shape index (κ2) is 8.90. The number of methoxy groups -OCH3 is 2. The molecule has 2 heterocycles. The van der Waals surface area contributed by atoms with Gasteiger partial charge in [0, 0.05) is 33.4 Å². The fourth-order valence-electron chi connectivity index (χ4n) is 3.57. The van der Waals surface area contributed by atoms with E-state index in [1.165, 1.54) is 20.5 Å². The molecule has 1 aromatic heterocycles. The maximum absolute atomic E-state index is 13.6. The van der Waals surface area contributed by atoms with Crippen LogP contribution in [0.1, 0.15) is 18.5 Å². The van der Waals surface area contributed by atoms with Gasteiger partial charge in [0.2, 0.25) is 5.95 Å². The number of carbonyl (C=O) groups excluding carboxylic acids is 1. The number of amides is 1. The van der Waals surface area contributed by atoms with Crippen molar-refractivity contribution in [3.63, 3.8) is 0 Å². The van der Waals surface area contributed by atoms with E-state index < -0.39 is 11.9 Å². The van der Waals surface area contributed by atoms with E-state index in [0.29, 0.717) is 55.0 Å². The predicted octanol–water partition coefficient (Wildman–Crippen LogP) is 5.18. The average molecular weight is 495 g/mol. The first-order chi connectivity index (χ1) is 15.3. The van der Waals surface area contributed by atoms with Crippen molar-refractivity contribution in [3.05, 3.63) is 68.6 Å². The third kappa shape index (κ3) is 3.85. The van der Waals surface area contributed by atoms with Crippen molar-refractivity contribution >= 4 is 52.3 Å². The van der Waals surface area contributed by atoms with Gasteiger partial charge in [-0.2, -0.15) is 10.1 Å². The third-order valence-corrected chi connectivity index (χ3v) is 5.99. The van der Waals surface area contributed by atoms with Crippen molar-refractivity contribution in [1.29, 1.82) is 0 Å². The topological polar surface area (TPSA) is 90.3 Å². The summed E-state index contributed by atoms with van der Waals surface area (Å²) in [7, 11) is 2.97. The van der Waals surface area contributed by atoms with Crippen LogP contribution < -0.4 is 20.1 Å². The van der Waals surface area contributed by atoms with Crippen LogP contribution in [0.15, 0.2) is 47.9 Å². The summed E-state index contributed by atoms with van der Waals surface area (Å²) in [4.78, 5) is 17.8. The van der Waals surface area contributed by atoms with Crippen LogP contribution >= 0.6 is 34.8 Å². The summed E-state index contributed by atoms with van der Waals surface area (Å²) < 4.78 is 12.2. The van der Waals surface area contributed by atoms with E-state index in [1.807, 2.05) is 0 Å². The molecular formula is C21H18Cl3N5O3. The highest BCUT2D eigenvalue weighted by Gasteiger charge is 2.36. The molecule has 0 bridgehead atoms. The van der Waals surface area contributed by atoms with E-state index in [2.05, 4.69) is 20.7 Å². The van der Waals surface area contributed by atoms with Gasteiger partial charge in [0.25, 0.3) is 5.91 Å². The van der Waals surface area contributed by atoms with Gasteiger partial charge in [0.05, 0.1) is 30.5 Å². The van der Waals surface area contributed by atoms with Crippen LogP contribution in [0.25, 0.3) is 0 Å². The monoisotopic (exact) mass is 493 g/mol. The molecule has 0 aliphatic carbocycles. The Morgan fingerprint density at radius 3 is 2.44 bits per heavy atom. The number of anilines is 2. The lowest BCUT2D eigenvalue weighted by molar-refractivity contribution is -0.113. The molecule has 0 fully saturated rings. The fraction of sp³-hybridized carbons (Fsp3) is 0.190. The van der Waals surface area contributed by atoms with Gasteiger partial charge in [-0.15, -0.1) is 0 Å². The minimum Gasteiger partial charge on any atom is -0.495 e. The zero-order valence-corrected chi connectivity index (χ0v) is 19.5. The first kappa shape index (κ1) is 22.3. The number of ether oxygens (including phenoxy) is 2. The Hall–Kier alpha value is -2.94. The zero-order valence-electron chi connectivity index (χ0n) is 17.2. The van der Waals surface area contributed by atoms with E-state index in [9.17, 15) is 4.79 Å². The van der Waals surface area contributed by atoms with Crippen LogP contribution in [0.5, 0.6) is 11.5 Å². The standard InChI is InChI=1S/C21H18Cl3N5O3/c1-10-17(20(30)28-14-8-15(31-2)13(24)7-16(14)32-3)19(29-21(27-10)25-9-26-29)18-11(22)5-4-6-12(18)23/h4-9,19H,1-3H3,(H,28,30)(H,25,26,27)/t19-/m0/s1. The van der Waals surface area contributed by atoms with Crippen LogP contribution in [0.4, 0.5) is 11.6 Å². The molecule has 3 aromatic rings. The van der Waals surface area contributed by atoms with Crippen molar-refractivity contribution in [2.45, 2.75) is 13.0 Å². The Bertz CT molecular complexity index is 1220. The number of halogens is 3. The highest BCUT2D eigenvalue weighted by atomic mass is 35.5. The van der Waals surface area contributed by atoms with E-state index in [-0.39, 0.29) is 0 Å². The number of hydrogen-bond acceptors (Lipinski definition) is 6. The van der Waals surface area contributed by atoms with Crippen LogP contribution in [0.2, 0.25) is 15.1 Å². The van der Waals surface area contributed by atoms with Gasteiger partial charge < -0.3 is 20.1 Å². The summed E-state index contributed by atoms with van der Waals surface area (Å²) in [5.74, 6) is 0.810. The lowest BCUT2D eigenvalue weighted by Crippen LogP contribution is -2.32. The van der Waals surface area contributed by atoms with Gasteiger partial charge in [0.1, 0.15) is 23.9 Å². The molecule has 1 aliphatic heterocycles. The molecule has 0 saturated heterocycles. The maximum atomic E-state index is 13.6. The molecule has 1 aliphatic rings. The minimum absolute atomic E-state index is 0.352. The largest absolute Gasteiger partial charge is 0.495 e. The van der Waals surface area contributed by atoms with Crippen molar-refractivity contribution in [1.82, 2.24) is 14.8 Å². The molecule has 8 nitrogen and oxygen atoms in total. The Kier molecular flexibility index (Phi) is 6.19. The first-order valence-corrected chi connectivity index (χ1v) is 10.5. The van der Waals surface area contributed by atoms with Crippen molar-refractivity contribution in [3.8, 4) is 11.5 Å². The second-order valence-electron chi connectivity index (χ2n) is 6.87. The smallest absolute Gasteiger partial charge is 0.255 e. The molecule has 0 radical (unpaired) electrons. The number of carbonyl (C=O) groups is 1. The molecule has 0 spiro atoms. The number of benzene rings is 2. The SMILES string of the molecule is COc1cc(NC(=O)C2=C(C)Nc3ncnn3[C@@H]2c2c(Cl)cccc2Cl)c(OC)cc1Cl. The molecule has 2 aromatic carbocycles. The number of nitrogens with zero attached hydrogens (tertiary/aromatic N) is 3. The van der Waals surface area contributed by atoms with Crippen LogP contribution in [-0.2, 0) is 4.79 Å². The Morgan fingerprint density at radius 1 is 1.09 bits per heavy atom. The van der Waals surface area contributed by atoms with Gasteiger partial charge >= 0.3 is 0 Å². The van der Waals surface area contributed by atoms with Crippen molar-refractivity contribution < 1.29 is 14.3 Å². The molecule has 0 saturated carbocycles. The Balaban J connectivity index is 1.82.